The summed E-state index contributed by atoms with van der Waals surface area (Å²) >= 11 is 1.71. The molecule has 0 aliphatic carbocycles. The van der Waals surface area contributed by atoms with Crippen molar-refractivity contribution in [3.05, 3.63) is 60.7 Å². The van der Waals surface area contributed by atoms with Crippen molar-refractivity contribution < 1.29 is 9.47 Å². The van der Waals surface area contributed by atoms with Crippen LogP contribution in [0.5, 0.6) is 5.75 Å². The molecule has 0 saturated carbocycles. The standard InChI is InChI=1S/C21H24N4O2S/c1-3-8-18(9-4-1)25-20(24-12-15-26-16-13-24)22-23-21(25)28-17-7-14-27-19-10-5-2-6-11-19/h1-6,8-11H,7,12-17H2. The highest BCUT2D eigenvalue weighted by atomic mass is 32.2. The number of benzene rings is 2. The van der Waals surface area contributed by atoms with Gasteiger partial charge >= 0.3 is 0 Å². The molecule has 1 aliphatic heterocycles. The lowest BCUT2D eigenvalue weighted by Crippen LogP contribution is -2.37. The highest BCUT2D eigenvalue weighted by molar-refractivity contribution is 7.99. The SMILES string of the molecule is c1ccc(OCCCSc2nnc(N3CCOCC3)n2-c2ccccc2)cc1. The van der Waals surface area contributed by atoms with Crippen LogP contribution in [0.4, 0.5) is 5.95 Å². The minimum absolute atomic E-state index is 0.687. The lowest BCUT2D eigenvalue weighted by molar-refractivity contribution is 0.122. The third-order valence-corrected chi connectivity index (χ3v) is 5.47. The molecule has 1 aromatic heterocycles. The third-order valence-electron chi connectivity index (χ3n) is 4.46. The lowest BCUT2D eigenvalue weighted by Gasteiger charge is -2.27. The molecule has 7 heteroatoms. The Morgan fingerprint density at radius 2 is 1.64 bits per heavy atom. The van der Waals surface area contributed by atoms with E-state index in [1.807, 2.05) is 48.5 Å². The highest BCUT2D eigenvalue weighted by Crippen LogP contribution is 2.27. The summed E-state index contributed by atoms with van der Waals surface area (Å²) in [5.74, 6) is 2.72. The summed E-state index contributed by atoms with van der Waals surface area (Å²) < 4.78 is 13.4. The second kappa shape index (κ2) is 9.61. The molecule has 0 bridgehead atoms. The normalized spacial score (nSPS) is 14.2. The Kier molecular flexibility index (Phi) is 6.47. The minimum Gasteiger partial charge on any atom is -0.494 e. The predicted octanol–water partition coefficient (Wildman–Crippen LogP) is 3.67. The van der Waals surface area contributed by atoms with Crippen LogP contribution in [0.2, 0.25) is 0 Å². The minimum atomic E-state index is 0.687. The van der Waals surface area contributed by atoms with E-state index < -0.39 is 0 Å². The van der Waals surface area contributed by atoms with Crippen molar-refractivity contribution in [3.63, 3.8) is 0 Å². The molecule has 1 fully saturated rings. The molecule has 146 valence electrons. The first kappa shape index (κ1) is 18.8. The van der Waals surface area contributed by atoms with E-state index in [0.717, 1.165) is 61.0 Å². The van der Waals surface area contributed by atoms with Crippen LogP contribution in [0.1, 0.15) is 6.42 Å². The fourth-order valence-electron chi connectivity index (χ4n) is 3.06. The lowest BCUT2D eigenvalue weighted by atomic mass is 10.3. The molecule has 2 heterocycles. The Morgan fingerprint density at radius 1 is 0.929 bits per heavy atom. The predicted molar refractivity (Wildman–Crippen MR) is 112 cm³/mol. The molecule has 0 N–H and O–H groups in total. The second-order valence-electron chi connectivity index (χ2n) is 6.42. The van der Waals surface area contributed by atoms with Crippen molar-refractivity contribution in [2.45, 2.75) is 11.6 Å². The summed E-state index contributed by atoms with van der Waals surface area (Å²) in [6.07, 6.45) is 0.939. The maximum atomic E-state index is 5.78. The van der Waals surface area contributed by atoms with Gasteiger partial charge in [0.25, 0.3) is 0 Å². The van der Waals surface area contributed by atoms with Crippen molar-refractivity contribution in [1.82, 2.24) is 14.8 Å². The number of thioether (sulfide) groups is 1. The van der Waals surface area contributed by atoms with Gasteiger partial charge in [0.2, 0.25) is 5.95 Å². The van der Waals surface area contributed by atoms with Gasteiger partial charge < -0.3 is 14.4 Å². The molecule has 3 aromatic rings. The van der Waals surface area contributed by atoms with Crippen molar-refractivity contribution >= 4 is 17.7 Å². The highest BCUT2D eigenvalue weighted by Gasteiger charge is 2.21. The van der Waals surface area contributed by atoms with E-state index in [1.165, 1.54) is 0 Å². The molecule has 0 radical (unpaired) electrons. The van der Waals surface area contributed by atoms with Crippen LogP contribution in [0, 0.1) is 0 Å². The maximum absolute atomic E-state index is 5.78. The summed E-state index contributed by atoms with van der Waals surface area (Å²) in [6, 6.07) is 20.2. The van der Waals surface area contributed by atoms with Gasteiger partial charge in [-0.2, -0.15) is 0 Å². The number of morpholine rings is 1. The van der Waals surface area contributed by atoms with Gasteiger partial charge in [0.05, 0.1) is 25.5 Å². The van der Waals surface area contributed by atoms with E-state index in [9.17, 15) is 0 Å². The monoisotopic (exact) mass is 396 g/mol. The first-order valence-electron chi connectivity index (χ1n) is 9.56. The smallest absolute Gasteiger partial charge is 0.232 e. The fraction of sp³-hybridized carbons (Fsp3) is 0.333. The van der Waals surface area contributed by atoms with E-state index in [0.29, 0.717) is 6.61 Å². The van der Waals surface area contributed by atoms with Crippen LogP contribution in [-0.2, 0) is 4.74 Å². The average molecular weight is 397 g/mol. The van der Waals surface area contributed by atoms with Gasteiger partial charge in [-0.05, 0) is 30.7 Å². The van der Waals surface area contributed by atoms with Crippen molar-refractivity contribution in [1.29, 1.82) is 0 Å². The van der Waals surface area contributed by atoms with E-state index >= 15 is 0 Å². The second-order valence-corrected chi connectivity index (χ2v) is 7.48. The zero-order valence-corrected chi connectivity index (χ0v) is 16.6. The summed E-state index contributed by atoms with van der Waals surface area (Å²) in [6.45, 7) is 3.80. The molecule has 0 atom stereocenters. The Morgan fingerprint density at radius 3 is 2.39 bits per heavy atom. The first-order valence-corrected chi connectivity index (χ1v) is 10.5. The quantitative estimate of drug-likeness (QED) is 0.428. The number of ether oxygens (including phenoxy) is 2. The van der Waals surface area contributed by atoms with Gasteiger partial charge in [-0.15, -0.1) is 10.2 Å². The Labute approximate surface area is 169 Å². The van der Waals surface area contributed by atoms with Crippen molar-refractivity contribution in [2.24, 2.45) is 0 Å². The molecule has 6 nitrogen and oxygen atoms in total. The summed E-state index contributed by atoms with van der Waals surface area (Å²) in [5.41, 5.74) is 1.08. The van der Waals surface area contributed by atoms with Crippen LogP contribution in [0.15, 0.2) is 65.8 Å². The summed E-state index contributed by atoms with van der Waals surface area (Å²) in [7, 11) is 0. The number of nitrogens with zero attached hydrogens (tertiary/aromatic N) is 4. The van der Waals surface area contributed by atoms with Crippen LogP contribution in [-0.4, -0.2) is 53.4 Å². The number of hydrogen-bond acceptors (Lipinski definition) is 6. The van der Waals surface area contributed by atoms with Gasteiger partial charge in [0.15, 0.2) is 5.16 Å². The van der Waals surface area contributed by atoms with Gasteiger partial charge in [-0.25, -0.2) is 0 Å². The van der Waals surface area contributed by atoms with Gasteiger partial charge in [-0.3, -0.25) is 4.57 Å². The molecule has 1 saturated heterocycles. The zero-order valence-electron chi connectivity index (χ0n) is 15.7. The van der Waals surface area contributed by atoms with E-state index in [4.69, 9.17) is 9.47 Å². The first-order chi connectivity index (χ1) is 13.9. The molecule has 28 heavy (non-hydrogen) atoms. The molecular weight excluding hydrogens is 372 g/mol. The molecular formula is C21H24N4O2S. The Hall–Kier alpha value is -2.51. The molecule has 2 aromatic carbocycles. The van der Waals surface area contributed by atoms with Crippen LogP contribution < -0.4 is 9.64 Å². The van der Waals surface area contributed by atoms with E-state index in [-0.39, 0.29) is 0 Å². The largest absolute Gasteiger partial charge is 0.494 e. The van der Waals surface area contributed by atoms with Crippen LogP contribution in [0.25, 0.3) is 5.69 Å². The zero-order chi connectivity index (χ0) is 19.0. The fourth-order valence-corrected chi connectivity index (χ4v) is 3.92. The molecule has 4 rings (SSSR count). The van der Waals surface area contributed by atoms with Crippen molar-refractivity contribution in [3.8, 4) is 11.4 Å². The number of hydrogen-bond donors (Lipinski definition) is 0. The number of para-hydroxylation sites is 2. The average Bonchev–Trinajstić information content (AvgIpc) is 3.19. The third kappa shape index (κ3) is 4.66. The van der Waals surface area contributed by atoms with Gasteiger partial charge in [0, 0.05) is 18.8 Å². The van der Waals surface area contributed by atoms with Crippen LogP contribution >= 0.6 is 11.8 Å². The maximum Gasteiger partial charge on any atom is 0.232 e. The summed E-state index contributed by atoms with van der Waals surface area (Å²) in [4.78, 5) is 2.24. The van der Waals surface area contributed by atoms with E-state index in [1.54, 1.807) is 11.8 Å². The molecule has 0 unspecified atom stereocenters. The summed E-state index contributed by atoms with van der Waals surface area (Å²) in [5, 5.41) is 9.88. The Bertz CT molecular complexity index is 851. The van der Waals surface area contributed by atoms with Crippen LogP contribution in [0.3, 0.4) is 0 Å². The van der Waals surface area contributed by atoms with Crippen molar-refractivity contribution in [2.75, 3.05) is 43.6 Å². The van der Waals surface area contributed by atoms with E-state index in [2.05, 4.69) is 31.8 Å². The molecule has 0 spiro atoms. The topological polar surface area (TPSA) is 52.4 Å². The number of rotatable bonds is 8. The Balaban J connectivity index is 1.42. The molecule has 1 aliphatic rings. The number of anilines is 1. The number of aromatic nitrogens is 3. The van der Waals surface area contributed by atoms with Gasteiger partial charge in [0.1, 0.15) is 5.75 Å². The molecule has 0 amide bonds. The van der Waals surface area contributed by atoms with Gasteiger partial charge in [-0.1, -0.05) is 48.2 Å².